The number of hydrogen-bond donors (Lipinski definition) is 2. The van der Waals surface area contributed by atoms with Crippen LogP contribution in [0.2, 0.25) is 0 Å². The highest BCUT2D eigenvalue weighted by Gasteiger charge is 2.18. The molecule has 0 fully saturated rings. The van der Waals surface area contributed by atoms with Gasteiger partial charge in [-0.05, 0) is 30.7 Å². The van der Waals surface area contributed by atoms with Crippen molar-refractivity contribution in [3.8, 4) is 11.5 Å². The fourth-order valence-corrected chi connectivity index (χ4v) is 3.26. The molecule has 0 spiro atoms. The summed E-state index contributed by atoms with van der Waals surface area (Å²) in [7, 11) is -0.889. The van der Waals surface area contributed by atoms with Gasteiger partial charge in [0.2, 0.25) is 0 Å². The van der Waals surface area contributed by atoms with Gasteiger partial charge in [-0.1, -0.05) is 19.8 Å². The van der Waals surface area contributed by atoms with E-state index in [1.165, 1.54) is 32.4 Å². The van der Waals surface area contributed by atoms with Crippen molar-refractivity contribution in [2.45, 2.75) is 31.1 Å². The maximum Gasteiger partial charge on any atom is 0.263 e. The van der Waals surface area contributed by atoms with Gasteiger partial charge in [0, 0.05) is 12.6 Å². The number of anilines is 2. The first-order valence-corrected chi connectivity index (χ1v) is 9.81. The minimum Gasteiger partial charge on any atom is -0.493 e. The van der Waals surface area contributed by atoms with E-state index in [4.69, 9.17) is 9.47 Å². The first-order valence-electron chi connectivity index (χ1n) is 8.32. The van der Waals surface area contributed by atoms with Crippen LogP contribution in [0.4, 0.5) is 11.6 Å². The van der Waals surface area contributed by atoms with Crippen LogP contribution < -0.4 is 19.5 Å². The quantitative estimate of drug-likeness (QED) is 0.611. The first kappa shape index (κ1) is 19.8. The molecule has 1 aromatic heterocycles. The van der Waals surface area contributed by atoms with Gasteiger partial charge in [0.05, 0.1) is 19.1 Å². The Morgan fingerprint density at radius 1 is 0.962 bits per heavy atom. The molecule has 1 aromatic carbocycles. The Labute approximate surface area is 154 Å². The highest BCUT2D eigenvalue weighted by Crippen LogP contribution is 2.29. The average Bonchev–Trinajstić information content (AvgIpc) is 2.65. The summed E-state index contributed by atoms with van der Waals surface area (Å²) in [5.74, 6) is 1.52. The van der Waals surface area contributed by atoms with Gasteiger partial charge in [0.15, 0.2) is 17.3 Å². The lowest BCUT2D eigenvalue weighted by Crippen LogP contribution is -2.15. The van der Waals surface area contributed by atoms with Gasteiger partial charge in [-0.2, -0.15) is 0 Å². The van der Waals surface area contributed by atoms with Crippen LogP contribution in [-0.2, 0) is 10.0 Å². The van der Waals surface area contributed by atoms with Crippen molar-refractivity contribution in [2.24, 2.45) is 0 Å². The summed E-state index contributed by atoms with van der Waals surface area (Å²) in [5, 5.41) is 11.0. The summed E-state index contributed by atoms with van der Waals surface area (Å²) < 4.78 is 37.7. The molecule has 2 rings (SSSR count). The third-order valence-corrected chi connectivity index (χ3v) is 5.01. The molecule has 0 bridgehead atoms. The van der Waals surface area contributed by atoms with E-state index in [0.29, 0.717) is 17.3 Å². The fraction of sp³-hybridized carbons (Fsp3) is 0.412. The van der Waals surface area contributed by atoms with Crippen LogP contribution in [0.15, 0.2) is 35.2 Å². The average molecular weight is 380 g/mol. The Bertz CT molecular complexity index is 810. The number of nitrogens with one attached hydrogen (secondary N) is 2. The predicted molar refractivity (Wildman–Crippen MR) is 100 cm³/mol. The van der Waals surface area contributed by atoms with Crippen molar-refractivity contribution in [3.63, 3.8) is 0 Å². The molecule has 26 heavy (non-hydrogen) atoms. The van der Waals surface area contributed by atoms with Crippen LogP contribution in [0.25, 0.3) is 0 Å². The van der Waals surface area contributed by atoms with E-state index in [-0.39, 0.29) is 10.7 Å². The molecule has 0 saturated heterocycles. The Kier molecular flexibility index (Phi) is 7.02. The molecular formula is C17H24N4O4S. The van der Waals surface area contributed by atoms with E-state index in [1.54, 1.807) is 12.1 Å². The molecule has 0 saturated carbocycles. The number of nitrogens with zero attached hydrogens (tertiary/aromatic N) is 2. The first-order chi connectivity index (χ1) is 12.5. The fourth-order valence-electron chi connectivity index (χ4n) is 2.25. The molecule has 2 N–H and O–H groups in total. The Balaban J connectivity index is 2.07. The van der Waals surface area contributed by atoms with E-state index in [2.05, 4.69) is 27.2 Å². The minimum absolute atomic E-state index is 0.0405. The standard InChI is InChI=1S/C17H24N4O4S/c1-4-5-6-11-18-16-9-10-17(20-19-16)21-26(22,23)13-7-8-14(24-2)15(12-13)25-3/h7-10,12H,4-6,11H2,1-3H3,(H,18,19)(H,20,21). The van der Waals surface area contributed by atoms with Crippen LogP contribution in [0.3, 0.4) is 0 Å². The van der Waals surface area contributed by atoms with Gasteiger partial charge >= 0.3 is 0 Å². The third kappa shape index (κ3) is 5.22. The number of methoxy groups -OCH3 is 2. The number of rotatable bonds is 10. The summed E-state index contributed by atoms with van der Waals surface area (Å²) in [6, 6.07) is 7.60. The Morgan fingerprint density at radius 2 is 1.65 bits per heavy atom. The molecule has 0 aliphatic carbocycles. The number of aromatic nitrogens is 2. The van der Waals surface area contributed by atoms with Crippen molar-refractivity contribution >= 4 is 21.7 Å². The Morgan fingerprint density at radius 3 is 2.27 bits per heavy atom. The molecule has 8 nitrogen and oxygen atoms in total. The summed E-state index contributed by atoms with van der Waals surface area (Å²) in [4.78, 5) is 0.0405. The van der Waals surface area contributed by atoms with Gasteiger partial charge in [-0.25, -0.2) is 8.42 Å². The van der Waals surface area contributed by atoms with Gasteiger partial charge in [0.1, 0.15) is 5.82 Å². The van der Waals surface area contributed by atoms with Gasteiger partial charge in [0.25, 0.3) is 10.0 Å². The lowest BCUT2D eigenvalue weighted by molar-refractivity contribution is 0.354. The number of unbranched alkanes of at least 4 members (excludes halogenated alkanes) is 2. The monoisotopic (exact) mass is 380 g/mol. The molecule has 0 aliphatic rings. The molecule has 0 amide bonds. The zero-order chi connectivity index (χ0) is 19.0. The van der Waals surface area contributed by atoms with Crippen LogP contribution in [0, 0.1) is 0 Å². The lowest BCUT2D eigenvalue weighted by atomic mass is 10.2. The molecule has 0 radical (unpaired) electrons. The maximum absolute atomic E-state index is 12.5. The van der Waals surface area contributed by atoms with E-state index in [0.717, 1.165) is 25.8 Å². The second-order valence-corrected chi connectivity index (χ2v) is 7.24. The van der Waals surface area contributed by atoms with Crippen molar-refractivity contribution in [3.05, 3.63) is 30.3 Å². The lowest BCUT2D eigenvalue weighted by Gasteiger charge is -2.11. The SMILES string of the molecule is CCCCCNc1ccc(NS(=O)(=O)c2ccc(OC)c(OC)c2)nn1. The zero-order valence-electron chi connectivity index (χ0n) is 15.2. The van der Waals surface area contributed by atoms with Crippen LogP contribution >= 0.6 is 0 Å². The second kappa shape index (κ2) is 9.23. The number of benzene rings is 1. The van der Waals surface area contributed by atoms with Gasteiger partial charge in [-0.3, -0.25) is 4.72 Å². The molecule has 0 atom stereocenters. The smallest absolute Gasteiger partial charge is 0.263 e. The summed E-state index contributed by atoms with van der Waals surface area (Å²) in [5.41, 5.74) is 0. The van der Waals surface area contributed by atoms with Gasteiger partial charge in [-0.15, -0.1) is 10.2 Å². The zero-order valence-corrected chi connectivity index (χ0v) is 16.0. The van der Waals surface area contributed by atoms with E-state index < -0.39 is 10.0 Å². The second-order valence-electron chi connectivity index (χ2n) is 5.56. The minimum atomic E-state index is -3.82. The third-order valence-electron chi connectivity index (χ3n) is 3.66. The van der Waals surface area contributed by atoms with Crippen molar-refractivity contribution in [2.75, 3.05) is 30.8 Å². The number of sulfonamides is 1. The highest BCUT2D eigenvalue weighted by atomic mass is 32.2. The largest absolute Gasteiger partial charge is 0.493 e. The van der Waals surface area contributed by atoms with Crippen LogP contribution in [0.5, 0.6) is 11.5 Å². The Hall–Kier alpha value is -2.55. The van der Waals surface area contributed by atoms with E-state index in [9.17, 15) is 8.42 Å². The molecule has 142 valence electrons. The molecule has 9 heteroatoms. The van der Waals surface area contributed by atoms with Gasteiger partial charge < -0.3 is 14.8 Å². The number of ether oxygens (including phenoxy) is 2. The van der Waals surface area contributed by atoms with Crippen LogP contribution in [0.1, 0.15) is 26.2 Å². The molecule has 0 aliphatic heterocycles. The summed E-state index contributed by atoms with van der Waals surface area (Å²) >= 11 is 0. The van der Waals surface area contributed by atoms with Crippen LogP contribution in [-0.4, -0.2) is 39.4 Å². The predicted octanol–water partition coefficient (Wildman–Crippen LogP) is 2.90. The topological polar surface area (TPSA) is 102 Å². The summed E-state index contributed by atoms with van der Waals surface area (Å²) in [6.07, 6.45) is 3.33. The van der Waals surface area contributed by atoms with E-state index >= 15 is 0 Å². The maximum atomic E-state index is 12.5. The van der Waals surface area contributed by atoms with E-state index in [1.807, 2.05) is 0 Å². The highest BCUT2D eigenvalue weighted by molar-refractivity contribution is 7.92. The van der Waals surface area contributed by atoms with Crippen molar-refractivity contribution in [1.29, 1.82) is 0 Å². The molecule has 1 heterocycles. The van der Waals surface area contributed by atoms with Crippen molar-refractivity contribution in [1.82, 2.24) is 10.2 Å². The molecule has 0 unspecified atom stereocenters. The molecular weight excluding hydrogens is 356 g/mol. The number of hydrogen-bond acceptors (Lipinski definition) is 7. The normalized spacial score (nSPS) is 11.0. The van der Waals surface area contributed by atoms with Crippen molar-refractivity contribution < 1.29 is 17.9 Å². The summed E-state index contributed by atoms with van der Waals surface area (Å²) in [6.45, 7) is 2.94. The molecule has 2 aromatic rings.